The van der Waals surface area contributed by atoms with Crippen LogP contribution in [0.3, 0.4) is 0 Å². The van der Waals surface area contributed by atoms with Gasteiger partial charge in [0.2, 0.25) is 10.5 Å². The maximum atomic E-state index is 15.0. The molecule has 0 saturated carbocycles. The fourth-order valence-electron chi connectivity index (χ4n) is 4.56. The molecule has 0 aliphatic rings. The first-order valence-corrected chi connectivity index (χ1v) is 15.1. The summed E-state index contributed by atoms with van der Waals surface area (Å²) in [4.78, 5) is 4.04. The molecule has 0 N–H and O–H groups in total. The number of pyridine rings is 1. The molecule has 0 spiro atoms. The van der Waals surface area contributed by atoms with Crippen molar-refractivity contribution >= 4 is 10.5 Å². The van der Waals surface area contributed by atoms with E-state index in [2.05, 4.69) is 81.2 Å². The number of benzene rings is 3. The van der Waals surface area contributed by atoms with Crippen molar-refractivity contribution in [2.24, 2.45) is 0 Å². The smallest absolute Gasteiger partial charge is 0.204 e. The summed E-state index contributed by atoms with van der Waals surface area (Å²) in [5, 5.41) is 0. The van der Waals surface area contributed by atoms with Crippen LogP contribution in [0.4, 0.5) is 4.39 Å². The van der Waals surface area contributed by atoms with Crippen LogP contribution in [0.5, 0.6) is 11.5 Å². The summed E-state index contributed by atoms with van der Waals surface area (Å²) in [5.74, 6) is 1.09. The van der Waals surface area contributed by atoms with E-state index in [1.807, 2.05) is 42.5 Å². The summed E-state index contributed by atoms with van der Waals surface area (Å²) in [6, 6.07) is 30.7. The van der Waals surface area contributed by atoms with Crippen LogP contribution in [0.15, 0.2) is 103 Å². The number of unbranched alkanes of at least 4 members (excludes halogenated alkanes) is 2. The summed E-state index contributed by atoms with van der Waals surface area (Å²) >= 11 is 0. The van der Waals surface area contributed by atoms with E-state index in [-0.39, 0.29) is 17.9 Å². The van der Waals surface area contributed by atoms with Gasteiger partial charge < -0.3 is 9.16 Å². The summed E-state index contributed by atoms with van der Waals surface area (Å²) in [5.41, 5.74) is 5.07. The molecule has 40 heavy (non-hydrogen) atoms. The number of nitrogens with zero attached hydrogens (tertiary/aromatic N) is 1. The summed E-state index contributed by atoms with van der Waals surface area (Å²) < 4.78 is 26.3. The van der Waals surface area contributed by atoms with Gasteiger partial charge in [0.1, 0.15) is 17.7 Å². The minimum Gasteiger partial charge on any atom is -0.553 e. The maximum Gasteiger partial charge on any atom is 0.204 e. The Morgan fingerprint density at radius 2 is 1.50 bits per heavy atom. The lowest BCUT2D eigenvalue weighted by atomic mass is 9.86. The predicted molar refractivity (Wildman–Crippen MR) is 169 cm³/mol. The Hall–Kier alpha value is -3.44. The van der Waals surface area contributed by atoms with E-state index in [4.69, 9.17) is 9.16 Å². The van der Waals surface area contributed by atoms with E-state index >= 15 is 0 Å². The Labute approximate surface area is 243 Å². The molecule has 4 rings (SSSR count). The van der Waals surface area contributed by atoms with Crippen molar-refractivity contribution in [1.29, 1.82) is 0 Å². The van der Waals surface area contributed by atoms with Crippen molar-refractivity contribution in [3.8, 4) is 22.6 Å². The molecule has 0 fully saturated rings. The van der Waals surface area contributed by atoms with Gasteiger partial charge in [-0.25, -0.2) is 4.39 Å². The molecule has 4 aromatic rings. The Morgan fingerprint density at radius 1 is 0.825 bits per heavy atom. The van der Waals surface area contributed by atoms with Crippen LogP contribution in [0.1, 0.15) is 70.4 Å². The zero-order chi connectivity index (χ0) is 28.8. The van der Waals surface area contributed by atoms with E-state index in [1.165, 1.54) is 16.7 Å². The molecule has 1 heterocycles. The van der Waals surface area contributed by atoms with Crippen molar-refractivity contribution in [1.82, 2.24) is 4.98 Å². The van der Waals surface area contributed by atoms with Crippen molar-refractivity contribution in [3.63, 3.8) is 0 Å². The number of alkyl halides is 1. The van der Waals surface area contributed by atoms with Crippen LogP contribution in [0.2, 0.25) is 0 Å². The molecule has 212 valence electrons. The number of hydrogen-bond acceptors (Lipinski definition) is 3. The second-order valence-corrected chi connectivity index (χ2v) is 11.5. The van der Waals surface area contributed by atoms with Gasteiger partial charge in [0, 0.05) is 11.8 Å². The summed E-state index contributed by atoms with van der Waals surface area (Å²) in [7, 11) is 0.577. The van der Waals surface area contributed by atoms with Gasteiger partial charge in [-0.05, 0) is 46.7 Å². The number of rotatable bonds is 11. The molecule has 3 nitrogen and oxygen atoms in total. The number of ether oxygens (including phenoxy) is 1. The quantitative estimate of drug-likeness (QED) is 0.137. The van der Waals surface area contributed by atoms with Gasteiger partial charge in [0.05, 0.1) is 18.7 Å². The van der Waals surface area contributed by atoms with Crippen molar-refractivity contribution in [2.45, 2.75) is 70.9 Å². The lowest BCUT2D eigenvalue weighted by Gasteiger charge is -2.24. The van der Waals surface area contributed by atoms with E-state index in [0.717, 1.165) is 30.6 Å². The lowest BCUT2D eigenvalue weighted by Crippen LogP contribution is -2.22. The lowest BCUT2D eigenvalue weighted by molar-refractivity contribution is 0.188. The average molecular weight is 558 g/mol. The first-order valence-electron chi connectivity index (χ1n) is 14.3. The normalized spacial score (nSPS) is 12.6. The molecule has 0 aliphatic carbocycles. The summed E-state index contributed by atoms with van der Waals surface area (Å²) in [6.45, 7) is 9.13. The zero-order valence-electron chi connectivity index (χ0n) is 24.6. The van der Waals surface area contributed by atoms with E-state index in [1.54, 1.807) is 12.4 Å². The molecule has 2 unspecified atom stereocenters. The Kier molecular flexibility index (Phi) is 12.4. The minimum atomic E-state index is -0.953. The second kappa shape index (κ2) is 16.0. The maximum absolute atomic E-state index is 15.0. The molecule has 1 aromatic heterocycles. The van der Waals surface area contributed by atoms with Crippen molar-refractivity contribution in [2.75, 3.05) is 6.61 Å². The van der Waals surface area contributed by atoms with Crippen LogP contribution < -0.4 is 9.16 Å². The van der Waals surface area contributed by atoms with Gasteiger partial charge >= 0.3 is 0 Å². The highest BCUT2D eigenvalue weighted by Crippen LogP contribution is 2.33. The van der Waals surface area contributed by atoms with Crippen LogP contribution >= 0.6 is 0 Å². The third-order valence-electron chi connectivity index (χ3n) is 6.98. The largest absolute Gasteiger partial charge is 0.553 e. The van der Waals surface area contributed by atoms with Crippen LogP contribution in [-0.2, 0) is 5.41 Å². The van der Waals surface area contributed by atoms with Gasteiger partial charge in [0.25, 0.3) is 0 Å². The number of hydrogen-bond donors (Lipinski definition) is 0. The Bertz CT molecular complexity index is 1240. The first-order chi connectivity index (χ1) is 19.3. The summed E-state index contributed by atoms with van der Waals surface area (Å²) in [6.07, 6.45) is 5.97. The molecular formula is C35H44FNO2Si. The van der Waals surface area contributed by atoms with E-state index in [0.29, 0.717) is 22.7 Å². The molecule has 0 bridgehead atoms. The number of para-hydroxylation sites is 1. The molecule has 0 saturated heterocycles. The molecule has 3 aromatic carbocycles. The SMILES string of the molecule is CC(C)(C)c1ccc(-c2ccccc2)cc1.CCCCCC(F)C(COc1cccnc1)c1ccccc1O[SiH3]. The first kappa shape index (κ1) is 31.1. The minimum absolute atomic E-state index is 0.231. The molecule has 0 amide bonds. The molecular weight excluding hydrogens is 513 g/mol. The average Bonchev–Trinajstić information content (AvgIpc) is 2.98. The standard InChI is InChI=1S/C19H26FNO2Si.C16H18/c1-2-3-4-10-18(20)17(14-22-15-8-7-12-21-13-15)16-9-5-6-11-19(16)23-24;1-16(2,3)15-11-9-14(10-12-15)13-7-5-4-6-8-13/h5-9,11-13,17-18H,2-4,10,14H2,1,24H3;4-12H,1-3H3. The van der Waals surface area contributed by atoms with Crippen molar-refractivity contribution in [3.05, 3.63) is 115 Å². The number of aromatic nitrogens is 1. The zero-order valence-corrected chi connectivity index (χ0v) is 26.6. The second-order valence-electron chi connectivity index (χ2n) is 11.1. The Balaban J connectivity index is 0.000000238. The predicted octanol–water partition coefficient (Wildman–Crippen LogP) is 8.47. The van der Waals surface area contributed by atoms with E-state index < -0.39 is 6.17 Å². The van der Waals surface area contributed by atoms with Gasteiger partial charge in [-0.15, -0.1) is 0 Å². The highest BCUT2D eigenvalue weighted by molar-refractivity contribution is 6.00. The van der Waals surface area contributed by atoms with Crippen LogP contribution in [0, 0.1) is 0 Å². The molecule has 0 aliphatic heterocycles. The van der Waals surface area contributed by atoms with E-state index in [9.17, 15) is 4.39 Å². The monoisotopic (exact) mass is 557 g/mol. The highest BCUT2D eigenvalue weighted by atomic mass is 28.2. The fraction of sp³-hybridized carbons (Fsp3) is 0.343. The van der Waals surface area contributed by atoms with Crippen molar-refractivity contribution < 1.29 is 13.6 Å². The molecule has 5 heteroatoms. The third-order valence-corrected chi connectivity index (χ3v) is 7.42. The van der Waals surface area contributed by atoms with Crippen LogP contribution in [0.25, 0.3) is 11.1 Å². The van der Waals surface area contributed by atoms with Gasteiger partial charge in [-0.2, -0.15) is 0 Å². The molecule has 2 atom stereocenters. The van der Waals surface area contributed by atoms with Gasteiger partial charge in [0.15, 0.2) is 0 Å². The third kappa shape index (κ3) is 9.63. The van der Waals surface area contributed by atoms with Gasteiger partial charge in [-0.3, -0.25) is 4.98 Å². The fourth-order valence-corrected chi connectivity index (χ4v) is 4.94. The Morgan fingerprint density at radius 3 is 2.12 bits per heavy atom. The van der Waals surface area contributed by atoms with Gasteiger partial charge in [-0.1, -0.05) is 120 Å². The highest BCUT2D eigenvalue weighted by Gasteiger charge is 2.26. The molecule has 0 radical (unpaired) electrons. The number of halogens is 1. The van der Waals surface area contributed by atoms with Crippen LogP contribution in [-0.4, -0.2) is 28.2 Å². The topological polar surface area (TPSA) is 31.4 Å².